The molecule has 0 saturated heterocycles. The molecule has 1 aliphatic rings. The summed E-state index contributed by atoms with van der Waals surface area (Å²) in [4.78, 5) is 27.9. The van der Waals surface area contributed by atoms with Gasteiger partial charge >= 0.3 is 11.9 Å². The summed E-state index contributed by atoms with van der Waals surface area (Å²) in [6.45, 7) is 5.37. The van der Waals surface area contributed by atoms with E-state index in [0.717, 1.165) is 41.7 Å². The molecule has 1 heterocycles. The number of aromatic nitrogens is 1. The van der Waals surface area contributed by atoms with E-state index in [-0.39, 0.29) is 11.9 Å². The molecule has 0 aliphatic heterocycles. The molecule has 0 bridgehead atoms. The molecule has 5 nitrogen and oxygen atoms in total. The van der Waals surface area contributed by atoms with Crippen molar-refractivity contribution in [2.24, 2.45) is 0 Å². The fraction of sp³-hybridized carbons (Fsp3) is 0.318. The van der Waals surface area contributed by atoms with Crippen molar-refractivity contribution >= 4 is 23.6 Å². The van der Waals surface area contributed by atoms with Gasteiger partial charge in [0.05, 0.1) is 23.6 Å². The Labute approximate surface area is 159 Å². The summed E-state index contributed by atoms with van der Waals surface area (Å²) in [5, 5.41) is 0. The van der Waals surface area contributed by atoms with Gasteiger partial charge in [0.1, 0.15) is 5.75 Å². The number of carbonyl (C=O) groups excluding carboxylic acids is 2. The van der Waals surface area contributed by atoms with Crippen LogP contribution in [-0.2, 0) is 16.0 Å². The van der Waals surface area contributed by atoms with Gasteiger partial charge in [-0.1, -0.05) is 12.1 Å². The van der Waals surface area contributed by atoms with Gasteiger partial charge in [-0.2, -0.15) is 0 Å². The molecule has 0 saturated carbocycles. The second kappa shape index (κ2) is 8.16. The van der Waals surface area contributed by atoms with Crippen LogP contribution in [0.4, 0.5) is 0 Å². The first kappa shape index (κ1) is 18.8. The van der Waals surface area contributed by atoms with Crippen molar-refractivity contribution in [2.75, 3.05) is 6.61 Å². The average Bonchev–Trinajstić information content (AvgIpc) is 2.63. The molecule has 0 N–H and O–H groups in total. The largest absolute Gasteiger partial charge is 0.462 e. The van der Waals surface area contributed by atoms with Crippen LogP contribution in [0.2, 0.25) is 0 Å². The Morgan fingerprint density at radius 2 is 1.93 bits per heavy atom. The lowest BCUT2D eigenvalue weighted by atomic mass is 9.89. The molecule has 1 aromatic carbocycles. The van der Waals surface area contributed by atoms with Crippen molar-refractivity contribution in [1.29, 1.82) is 0 Å². The summed E-state index contributed by atoms with van der Waals surface area (Å²) in [5.41, 5.74) is 5.43. The Kier molecular flexibility index (Phi) is 5.69. The normalized spacial score (nSPS) is 14.6. The Morgan fingerprint density at radius 1 is 1.19 bits per heavy atom. The zero-order chi connectivity index (χ0) is 19.4. The molecule has 0 fully saturated rings. The summed E-state index contributed by atoms with van der Waals surface area (Å²) in [6.07, 6.45) is 4.95. The lowest BCUT2D eigenvalue weighted by Crippen LogP contribution is -2.13. The average molecular weight is 365 g/mol. The minimum Gasteiger partial charge on any atom is -0.462 e. The van der Waals surface area contributed by atoms with E-state index in [1.807, 2.05) is 25.1 Å². The molecule has 27 heavy (non-hydrogen) atoms. The van der Waals surface area contributed by atoms with Gasteiger partial charge in [-0.15, -0.1) is 0 Å². The van der Waals surface area contributed by atoms with Crippen molar-refractivity contribution in [2.45, 2.75) is 40.0 Å². The van der Waals surface area contributed by atoms with E-state index in [9.17, 15) is 9.59 Å². The SMILES string of the molecule is CCOC(=O)c1cc2c(nc1C)C(=Cc1ccc(OC(C)=O)cc1)CCC2. The number of pyridine rings is 1. The highest BCUT2D eigenvalue weighted by atomic mass is 16.5. The van der Waals surface area contributed by atoms with Gasteiger partial charge in [-0.25, -0.2) is 4.79 Å². The lowest BCUT2D eigenvalue weighted by Gasteiger charge is -2.20. The molecule has 0 amide bonds. The first-order chi connectivity index (χ1) is 13.0. The van der Waals surface area contributed by atoms with Crippen LogP contribution in [0.1, 0.15) is 59.6 Å². The topological polar surface area (TPSA) is 65.5 Å². The van der Waals surface area contributed by atoms with Crippen LogP contribution in [0.5, 0.6) is 5.75 Å². The number of aryl methyl sites for hydroxylation is 2. The number of nitrogens with zero attached hydrogens (tertiary/aromatic N) is 1. The minimum atomic E-state index is -0.334. The van der Waals surface area contributed by atoms with Crippen LogP contribution in [0, 0.1) is 6.92 Å². The summed E-state index contributed by atoms with van der Waals surface area (Å²) in [5.74, 6) is -0.122. The Hall–Kier alpha value is -2.95. The number of ether oxygens (including phenoxy) is 2. The highest BCUT2D eigenvalue weighted by Gasteiger charge is 2.20. The van der Waals surface area contributed by atoms with Crippen molar-refractivity contribution < 1.29 is 19.1 Å². The highest BCUT2D eigenvalue weighted by molar-refractivity contribution is 5.92. The number of hydrogen-bond donors (Lipinski definition) is 0. The van der Waals surface area contributed by atoms with Gasteiger partial charge in [0, 0.05) is 6.92 Å². The quantitative estimate of drug-likeness (QED) is 0.595. The molecule has 0 atom stereocenters. The fourth-order valence-corrected chi connectivity index (χ4v) is 3.26. The van der Waals surface area contributed by atoms with Crippen LogP contribution in [-0.4, -0.2) is 23.5 Å². The second-order valence-electron chi connectivity index (χ2n) is 6.54. The first-order valence-electron chi connectivity index (χ1n) is 9.15. The van der Waals surface area contributed by atoms with Crippen LogP contribution in [0.3, 0.4) is 0 Å². The number of allylic oxidation sites excluding steroid dienone is 1. The van der Waals surface area contributed by atoms with Gasteiger partial charge in [0.25, 0.3) is 0 Å². The predicted molar refractivity (Wildman–Crippen MR) is 103 cm³/mol. The zero-order valence-electron chi connectivity index (χ0n) is 15.9. The third-order valence-corrected chi connectivity index (χ3v) is 4.47. The van der Waals surface area contributed by atoms with E-state index in [1.54, 1.807) is 19.1 Å². The Balaban J connectivity index is 1.91. The van der Waals surface area contributed by atoms with E-state index in [1.165, 1.54) is 6.92 Å². The van der Waals surface area contributed by atoms with E-state index >= 15 is 0 Å². The maximum atomic E-state index is 12.1. The molecular formula is C22H23NO4. The van der Waals surface area contributed by atoms with Crippen LogP contribution < -0.4 is 4.74 Å². The third kappa shape index (κ3) is 4.42. The number of benzene rings is 1. The van der Waals surface area contributed by atoms with Crippen molar-refractivity contribution in [1.82, 2.24) is 4.98 Å². The summed E-state index contributed by atoms with van der Waals surface area (Å²) in [6, 6.07) is 9.31. The third-order valence-electron chi connectivity index (χ3n) is 4.47. The molecule has 0 unspecified atom stereocenters. The van der Waals surface area contributed by atoms with Crippen molar-refractivity contribution in [3.05, 3.63) is 58.4 Å². The standard InChI is InChI=1S/C22H23NO4/c1-4-26-22(25)20-13-18-7-5-6-17(21(18)23-14(20)2)12-16-8-10-19(11-9-16)27-15(3)24/h8-13H,4-7H2,1-3H3. The van der Waals surface area contributed by atoms with Gasteiger partial charge in [0.15, 0.2) is 0 Å². The number of rotatable bonds is 4. The molecule has 5 heteroatoms. The maximum Gasteiger partial charge on any atom is 0.339 e. The number of hydrogen-bond acceptors (Lipinski definition) is 5. The number of carbonyl (C=O) groups is 2. The summed E-state index contributed by atoms with van der Waals surface area (Å²) < 4.78 is 10.2. The van der Waals surface area contributed by atoms with Crippen molar-refractivity contribution in [3.8, 4) is 5.75 Å². The van der Waals surface area contributed by atoms with Gasteiger partial charge < -0.3 is 9.47 Å². The van der Waals surface area contributed by atoms with E-state index in [0.29, 0.717) is 23.6 Å². The monoisotopic (exact) mass is 365 g/mol. The molecule has 0 spiro atoms. The van der Waals surface area contributed by atoms with Gasteiger partial charge in [-0.3, -0.25) is 9.78 Å². The van der Waals surface area contributed by atoms with Crippen LogP contribution in [0.15, 0.2) is 30.3 Å². The van der Waals surface area contributed by atoms with Gasteiger partial charge in [0.2, 0.25) is 0 Å². The molecule has 1 aromatic heterocycles. The second-order valence-corrected chi connectivity index (χ2v) is 6.54. The van der Waals surface area contributed by atoms with Gasteiger partial charge in [-0.05, 0) is 74.1 Å². The van der Waals surface area contributed by atoms with Crippen LogP contribution >= 0.6 is 0 Å². The zero-order valence-corrected chi connectivity index (χ0v) is 15.9. The Bertz CT molecular complexity index is 897. The molecular weight excluding hydrogens is 342 g/mol. The summed E-state index contributed by atoms with van der Waals surface area (Å²) >= 11 is 0. The molecule has 2 aromatic rings. The molecule has 3 rings (SSSR count). The highest BCUT2D eigenvalue weighted by Crippen LogP contribution is 2.32. The number of esters is 2. The maximum absolute atomic E-state index is 12.1. The first-order valence-corrected chi connectivity index (χ1v) is 9.15. The number of fused-ring (bicyclic) bond motifs is 1. The predicted octanol–water partition coefficient (Wildman–Crippen LogP) is 4.37. The van der Waals surface area contributed by atoms with Crippen LogP contribution in [0.25, 0.3) is 11.6 Å². The fourth-order valence-electron chi connectivity index (χ4n) is 3.26. The smallest absolute Gasteiger partial charge is 0.339 e. The lowest BCUT2D eigenvalue weighted by molar-refractivity contribution is -0.131. The Morgan fingerprint density at radius 3 is 2.59 bits per heavy atom. The van der Waals surface area contributed by atoms with Crippen molar-refractivity contribution in [3.63, 3.8) is 0 Å². The van der Waals surface area contributed by atoms with E-state index < -0.39 is 0 Å². The minimum absolute atomic E-state index is 0.317. The molecule has 1 aliphatic carbocycles. The van der Waals surface area contributed by atoms with E-state index in [4.69, 9.17) is 14.5 Å². The molecule has 0 radical (unpaired) electrons. The van der Waals surface area contributed by atoms with E-state index in [2.05, 4.69) is 6.08 Å². The summed E-state index contributed by atoms with van der Waals surface area (Å²) in [7, 11) is 0. The molecule has 140 valence electrons.